The molecule has 1 saturated heterocycles. The first kappa shape index (κ1) is 13.9. The average Bonchev–Trinajstić information content (AvgIpc) is 3.03. The van der Waals surface area contributed by atoms with Crippen LogP contribution in [0.25, 0.3) is 0 Å². The monoisotopic (exact) mass is 278 g/mol. The molecule has 2 aliphatic carbocycles. The summed E-state index contributed by atoms with van der Waals surface area (Å²) in [5.74, 6) is 1.57. The van der Waals surface area contributed by atoms with Crippen molar-refractivity contribution in [1.29, 1.82) is 0 Å². The van der Waals surface area contributed by atoms with Crippen LogP contribution in [-0.4, -0.2) is 34.8 Å². The quantitative estimate of drug-likeness (QED) is 0.841. The summed E-state index contributed by atoms with van der Waals surface area (Å²) in [5.41, 5.74) is -0.562. The molecule has 0 bridgehead atoms. The molecule has 3 unspecified atom stereocenters. The van der Waals surface area contributed by atoms with E-state index < -0.39 is 5.54 Å². The zero-order valence-electron chi connectivity index (χ0n) is 12.7. The molecule has 20 heavy (non-hydrogen) atoms. The molecule has 3 aliphatic rings. The molecule has 1 aliphatic heterocycles. The number of carbonyl (C=O) groups is 2. The molecule has 0 aromatic rings. The van der Waals surface area contributed by atoms with Crippen LogP contribution in [-0.2, 0) is 9.59 Å². The molecule has 4 heteroatoms. The van der Waals surface area contributed by atoms with Gasteiger partial charge >= 0.3 is 0 Å². The van der Waals surface area contributed by atoms with Crippen molar-refractivity contribution in [2.75, 3.05) is 6.54 Å². The number of piperazine rings is 1. The number of hydrogen-bond acceptors (Lipinski definition) is 2. The van der Waals surface area contributed by atoms with Gasteiger partial charge in [-0.25, -0.2) is 0 Å². The van der Waals surface area contributed by atoms with E-state index in [1.54, 1.807) is 0 Å². The van der Waals surface area contributed by atoms with E-state index in [4.69, 9.17) is 0 Å². The predicted molar refractivity (Wildman–Crippen MR) is 77.0 cm³/mol. The molecule has 1 heterocycles. The van der Waals surface area contributed by atoms with Gasteiger partial charge in [-0.15, -0.1) is 0 Å². The molecule has 1 spiro atoms. The molecule has 0 aromatic carbocycles. The van der Waals surface area contributed by atoms with E-state index in [1.165, 1.54) is 19.3 Å². The van der Waals surface area contributed by atoms with E-state index in [9.17, 15) is 9.59 Å². The van der Waals surface area contributed by atoms with E-state index in [1.807, 2.05) is 11.8 Å². The molecule has 2 saturated carbocycles. The van der Waals surface area contributed by atoms with Gasteiger partial charge in [0.05, 0.1) is 0 Å². The number of nitrogens with zero attached hydrogens (tertiary/aromatic N) is 1. The maximum Gasteiger partial charge on any atom is 0.249 e. The Bertz CT molecular complexity index is 415. The summed E-state index contributed by atoms with van der Waals surface area (Å²) in [4.78, 5) is 27.0. The lowest BCUT2D eigenvalue weighted by molar-refractivity contribution is -0.154. The zero-order chi connectivity index (χ0) is 14.3. The number of hydrogen-bond donors (Lipinski definition) is 1. The van der Waals surface area contributed by atoms with Gasteiger partial charge in [0.25, 0.3) is 0 Å². The largest absolute Gasteiger partial charge is 0.340 e. The van der Waals surface area contributed by atoms with E-state index in [0.29, 0.717) is 5.92 Å². The Morgan fingerprint density at radius 1 is 1.20 bits per heavy atom. The van der Waals surface area contributed by atoms with Crippen LogP contribution in [0.15, 0.2) is 0 Å². The minimum Gasteiger partial charge on any atom is -0.340 e. The van der Waals surface area contributed by atoms with Gasteiger partial charge in [-0.3, -0.25) is 9.59 Å². The van der Waals surface area contributed by atoms with Crippen LogP contribution in [0.2, 0.25) is 0 Å². The topological polar surface area (TPSA) is 49.4 Å². The van der Waals surface area contributed by atoms with Crippen molar-refractivity contribution in [3.05, 3.63) is 0 Å². The number of rotatable bonds is 2. The second-order valence-corrected chi connectivity index (χ2v) is 7.20. The van der Waals surface area contributed by atoms with Gasteiger partial charge in [-0.1, -0.05) is 26.2 Å². The van der Waals surface area contributed by atoms with Crippen LogP contribution in [0.3, 0.4) is 0 Å². The molecule has 112 valence electrons. The maximum absolute atomic E-state index is 12.9. The smallest absolute Gasteiger partial charge is 0.249 e. The Kier molecular flexibility index (Phi) is 3.51. The summed E-state index contributed by atoms with van der Waals surface area (Å²) in [7, 11) is 0. The fourth-order valence-corrected chi connectivity index (χ4v) is 4.31. The Balaban J connectivity index is 1.76. The number of carbonyl (C=O) groups excluding carboxylic acids is 2. The average molecular weight is 278 g/mol. The summed E-state index contributed by atoms with van der Waals surface area (Å²) in [6, 6.07) is -0.301. The first-order valence-corrected chi connectivity index (χ1v) is 8.15. The second kappa shape index (κ2) is 5.05. The normalized spacial score (nSPS) is 36.7. The molecule has 1 N–H and O–H groups in total. The van der Waals surface area contributed by atoms with E-state index >= 15 is 0 Å². The Hall–Kier alpha value is -1.06. The molecular formula is C16H26N2O2. The van der Waals surface area contributed by atoms with Crippen molar-refractivity contribution in [2.24, 2.45) is 11.8 Å². The molecule has 4 nitrogen and oxygen atoms in total. The molecule has 3 rings (SSSR count). The number of amides is 2. The lowest BCUT2D eigenvalue weighted by atomic mass is 9.90. The SMILES string of the molecule is CC1CCC(CN2C(=O)C3(CCCC3)NC(=O)C2C)C1. The third-order valence-corrected chi connectivity index (χ3v) is 5.60. The highest BCUT2D eigenvalue weighted by Gasteiger charge is 2.51. The molecule has 2 amide bonds. The third-order valence-electron chi connectivity index (χ3n) is 5.60. The van der Waals surface area contributed by atoms with Crippen molar-refractivity contribution in [2.45, 2.75) is 70.4 Å². The van der Waals surface area contributed by atoms with Crippen molar-refractivity contribution in [1.82, 2.24) is 10.2 Å². The lowest BCUT2D eigenvalue weighted by Gasteiger charge is -2.44. The van der Waals surface area contributed by atoms with Crippen LogP contribution < -0.4 is 5.32 Å². The van der Waals surface area contributed by atoms with Gasteiger partial charge in [0.1, 0.15) is 11.6 Å². The molecule has 0 aromatic heterocycles. The van der Waals surface area contributed by atoms with Crippen LogP contribution in [0.1, 0.15) is 58.8 Å². The van der Waals surface area contributed by atoms with Gasteiger partial charge in [0.15, 0.2) is 0 Å². The second-order valence-electron chi connectivity index (χ2n) is 7.20. The summed E-state index contributed by atoms with van der Waals surface area (Å²) in [6.45, 7) is 4.93. The van der Waals surface area contributed by atoms with Gasteiger partial charge < -0.3 is 10.2 Å². The molecule has 3 fully saturated rings. The van der Waals surface area contributed by atoms with Gasteiger partial charge in [0.2, 0.25) is 11.8 Å². The van der Waals surface area contributed by atoms with Gasteiger partial charge in [0, 0.05) is 6.54 Å². The summed E-state index contributed by atoms with van der Waals surface area (Å²) in [6.07, 6.45) is 7.41. The minimum absolute atomic E-state index is 0.0394. The van der Waals surface area contributed by atoms with E-state index in [0.717, 1.165) is 38.1 Å². The highest BCUT2D eigenvalue weighted by Crippen LogP contribution is 2.37. The highest BCUT2D eigenvalue weighted by molar-refractivity contribution is 5.99. The van der Waals surface area contributed by atoms with Crippen molar-refractivity contribution in [3.63, 3.8) is 0 Å². The predicted octanol–water partition coefficient (Wildman–Crippen LogP) is 2.08. The van der Waals surface area contributed by atoms with Gasteiger partial charge in [-0.05, 0) is 44.4 Å². The van der Waals surface area contributed by atoms with Crippen LogP contribution in [0.5, 0.6) is 0 Å². The van der Waals surface area contributed by atoms with Crippen molar-refractivity contribution in [3.8, 4) is 0 Å². The maximum atomic E-state index is 12.9. The van der Waals surface area contributed by atoms with Crippen LogP contribution in [0, 0.1) is 11.8 Å². The first-order valence-electron chi connectivity index (χ1n) is 8.15. The number of nitrogens with one attached hydrogen (secondary N) is 1. The van der Waals surface area contributed by atoms with Crippen molar-refractivity contribution < 1.29 is 9.59 Å². The van der Waals surface area contributed by atoms with Crippen LogP contribution >= 0.6 is 0 Å². The Morgan fingerprint density at radius 3 is 2.50 bits per heavy atom. The third kappa shape index (κ3) is 2.23. The minimum atomic E-state index is -0.562. The zero-order valence-corrected chi connectivity index (χ0v) is 12.7. The fourth-order valence-electron chi connectivity index (χ4n) is 4.31. The van der Waals surface area contributed by atoms with Crippen molar-refractivity contribution >= 4 is 11.8 Å². The summed E-state index contributed by atoms with van der Waals surface area (Å²) in [5, 5.41) is 3.02. The summed E-state index contributed by atoms with van der Waals surface area (Å²) >= 11 is 0. The summed E-state index contributed by atoms with van der Waals surface area (Å²) < 4.78 is 0. The molecule has 0 radical (unpaired) electrons. The first-order chi connectivity index (χ1) is 9.52. The standard InChI is InChI=1S/C16H26N2O2/c1-11-5-6-13(9-11)10-18-12(2)14(19)17-16(15(18)20)7-3-4-8-16/h11-13H,3-10H2,1-2H3,(H,17,19). The molecular weight excluding hydrogens is 252 g/mol. The highest BCUT2D eigenvalue weighted by atomic mass is 16.2. The van der Waals surface area contributed by atoms with Crippen LogP contribution in [0.4, 0.5) is 0 Å². The van der Waals surface area contributed by atoms with Gasteiger partial charge in [-0.2, -0.15) is 0 Å². The Morgan fingerprint density at radius 2 is 1.90 bits per heavy atom. The Labute approximate surface area is 121 Å². The fraction of sp³-hybridized carbons (Fsp3) is 0.875. The molecule has 3 atom stereocenters. The van der Waals surface area contributed by atoms with E-state index in [-0.39, 0.29) is 17.9 Å². The lowest BCUT2D eigenvalue weighted by Crippen LogP contribution is -2.69. The van der Waals surface area contributed by atoms with E-state index in [2.05, 4.69) is 12.2 Å².